The fourth-order valence-corrected chi connectivity index (χ4v) is 2.06. The highest BCUT2D eigenvalue weighted by Gasteiger charge is 2.32. The van der Waals surface area contributed by atoms with Crippen LogP contribution in [-0.2, 0) is 5.60 Å². The van der Waals surface area contributed by atoms with E-state index < -0.39 is 5.60 Å². The minimum absolute atomic E-state index is 0.278. The van der Waals surface area contributed by atoms with Gasteiger partial charge in [-0.1, -0.05) is 12.1 Å². The highest BCUT2D eigenvalue weighted by Crippen LogP contribution is 2.32. The van der Waals surface area contributed by atoms with Crippen LogP contribution in [0.4, 0.5) is 4.39 Å². The first kappa shape index (κ1) is 10.6. The Kier molecular flexibility index (Phi) is 2.76. The molecule has 0 unspecified atom stereocenters. The summed E-state index contributed by atoms with van der Waals surface area (Å²) in [5.41, 5.74) is -0.134. The lowest BCUT2D eigenvalue weighted by Crippen LogP contribution is -2.40. The number of hydrogen-bond acceptors (Lipinski definition) is 2. The minimum atomic E-state index is -0.839. The molecule has 1 aromatic carbocycles. The summed E-state index contributed by atoms with van der Waals surface area (Å²) >= 11 is 0. The second-order valence-corrected chi connectivity index (χ2v) is 4.35. The number of piperidine rings is 1. The number of nitrogens with zero attached hydrogens (tertiary/aromatic N) is 1. The summed E-state index contributed by atoms with van der Waals surface area (Å²) in [4.78, 5) is 2.17. The van der Waals surface area contributed by atoms with Crippen molar-refractivity contribution in [2.45, 2.75) is 18.4 Å². The zero-order valence-electron chi connectivity index (χ0n) is 8.91. The highest BCUT2D eigenvalue weighted by molar-refractivity contribution is 5.23. The van der Waals surface area contributed by atoms with Gasteiger partial charge >= 0.3 is 0 Å². The van der Waals surface area contributed by atoms with Gasteiger partial charge in [-0.25, -0.2) is 4.39 Å². The van der Waals surface area contributed by atoms with Crippen LogP contribution in [0.3, 0.4) is 0 Å². The van der Waals surface area contributed by atoms with Crippen molar-refractivity contribution in [3.05, 3.63) is 35.6 Å². The molecule has 2 nitrogen and oxygen atoms in total. The first-order valence-corrected chi connectivity index (χ1v) is 5.27. The molecule has 0 bridgehead atoms. The average Bonchev–Trinajstić information content (AvgIpc) is 2.23. The Morgan fingerprint density at radius 1 is 1.33 bits per heavy atom. The van der Waals surface area contributed by atoms with Crippen LogP contribution < -0.4 is 0 Å². The lowest BCUT2D eigenvalue weighted by Gasteiger charge is -2.36. The molecule has 0 amide bonds. The van der Waals surface area contributed by atoms with Gasteiger partial charge in [-0.05, 0) is 37.6 Å². The molecule has 1 fully saturated rings. The molecule has 3 heteroatoms. The lowest BCUT2D eigenvalue weighted by atomic mass is 9.84. The van der Waals surface area contributed by atoms with Crippen LogP contribution in [0.25, 0.3) is 0 Å². The van der Waals surface area contributed by atoms with Gasteiger partial charge in [-0.15, -0.1) is 0 Å². The molecule has 0 atom stereocenters. The minimum Gasteiger partial charge on any atom is -0.385 e. The molecule has 0 radical (unpaired) electrons. The maximum Gasteiger partial charge on any atom is 0.123 e. The van der Waals surface area contributed by atoms with Gasteiger partial charge in [0.1, 0.15) is 5.82 Å². The van der Waals surface area contributed by atoms with Crippen molar-refractivity contribution in [1.29, 1.82) is 0 Å². The van der Waals surface area contributed by atoms with Gasteiger partial charge in [0.25, 0.3) is 0 Å². The van der Waals surface area contributed by atoms with E-state index in [1.165, 1.54) is 12.1 Å². The fourth-order valence-electron chi connectivity index (χ4n) is 2.06. The number of aliphatic hydroxyl groups is 1. The van der Waals surface area contributed by atoms with E-state index >= 15 is 0 Å². The van der Waals surface area contributed by atoms with Crippen LogP contribution in [-0.4, -0.2) is 30.1 Å². The Labute approximate surface area is 89.3 Å². The van der Waals surface area contributed by atoms with Crippen molar-refractivity contribution in [2.24, 2.45) is 0 Å². The molecule has 1 aliphatic rings. The summed E-state index contributed by atoms with van der Waals surface area (Å²) in [6.45, 7) is 1.71. The number of rotatable bonds is 1. The molecule has 0 aliphatic carbocycles. The maximum atomic E-state index is 13.0. The van der Waals surface area contributed by atoms with Crippen molar-refractivity contribution in [3.8, 4) is 0 Å². The fraction of sp³-hybridized carbons (Fsp3) is 0.500. The molecule has 0 aromatic heterocycles. The molecule has 0 saturated carbocycles. The third kappa shape index (κ3) is 2.19. The van der Waals surface area contributed by atoms with Crippen LogP contribution in [0.15, 0.2) is 24.3 Å². The van der Waals surface area contributed by atoms with Gasteiger partial charge in [0, 0.05) is 13.1 Å². The molecule has 1 N–H and O–H groups in total. The average molecular weight is 209 g/mol. The molecule has 2 rings (SSSR count). The quantitative estimate of drug-likeness (QED) is 0.761. The van der Waals surface area contributed by atoms with E-state index in [0.717, 1.165) is 13.1 Å². The second-order valence-electron chi connectivity index (χ2n) is 4.35. The maximum absolute atomic E-state index is 13.0. The Morgan fingerprint density at radius 2 is 2.00 bits per heavy atom. The first-order valence-electron chi connectivity index (χ1n) is 5.27. The van der Waals surface area contributed by atoms with Gasteiger partial charge in [0.15, 0.2) is 0 Å². The van der Waals surface area contributed by atoms with Crippen molar-refractivity contribution < 1.29 is 9.50 Å². The number of hydrogen-bond donors (Lipinski definition) is 1. The van der Waals surface area contributed by atoms with Crippen molar-refractivity contribution in [3.63, 3.8) is 0 Å². The number of benzene rings is 1. The van der Waals surface area contributed by atoms with E-state index in [9.17, 15) is 9.50 Å². The van der Waals surface area contributed by atoms with E-state index in [-0.39, 0.29) is 5.82 Å². The van der Waals surface area contributed by atoms with Crippen LogP contribution in [0.2, 0.25) is 0 Å². The topological polar surface area (TPSA) is 23.5 Å². The highest BCUT2D eigenvalue weighted by atomic mass is 19.1. The zero-order valence-corrected chi connectivity index (χ0v) is 8.91. The molecule has 0 spiro atoms. The van der Waals surface area contributed by atoms with E-state index in [0.29, 0.717) is 18.4 Å². The van der Waals surface area contributed by atoms with Crippen LogP contribution in [0.5, 0.6) is 0 Å². The van der Waals surface area contributed by atoms with Gasteiger partial charge < -0.3 is 10.0 Å². The molecule has 1 aliphatic heterocycles. The lowest BCUT2D eigenvalue weighted by molar-refractivity contribution is -0.0205. The molecular formula is C12H16FNO. The number of likely N-dealkylation sites (tertiary alicyclic amines) is 1. The van der Waals surface area contributed by atoms with E-state index in [2.05, 4.69) is 4.90 Å². The standard InChI is InChI=1S/C12H16FNO/c1-14-7-5-12(15,6-8-14)10-3-2-4-11(13)9-10/h2-4,9,15H,5-8H2,1H3. The molecule has 15 heavy (non-hydrogen) atoms. The van der Waals surface area contributed by atoms with Gasteiger partial charge in [0.05, 0.1) is 5.60 Å². The Hall–Kier alpha value is -0.930. The second kappa shape index (κ2) is 3.91. The molecule has 1 saturated heterocycles. The third-order valence-corrected chi connectivity index (χ3v) is 3.18. The number of halogens is 1. The predicted octanol–water partition coefficient (Wildman–Crippen LogP) is 1.74. The van der Waals surface area contributed by atoms with E-state index in [1.54, 1.807) is 12.1 Å². The Morgan fingerprint density at radius 3 is 2.60 bits per heavy atom. The summed E-state index contributed by atoms with van der Waals surface area (Å²) in [5.74, 6) is -0.278. The van der Waals surface area contributed by atoms with Gasteiger partial charge in [0.2, 0.25) is 0 Å². The molecule has 1 aromatic rings. The van der Waals surface area contributed by atoms with E-state index in [1.807, 2.05) is 7.05 Å². The van der Waals surface area contributed by atoms with Crippen molar-refractivity contribution in [1.82, 2.24) is 4.90 Å². The van der Waals surface area contributed by atoms with E-state index in [4.69, 9.17) is 0 Å². The zero-order chi connectivity index (χ0) is 10.9. The SMILES string of the molecule is CN1CCC(O)(c2cccc(F)c2)CC1. The van der Waals surface area contributed by atoms with Crippen LogP contribution in [0.1, 0.15) is 18.4 Å². The molecule has 82 valence electrons. The molecule has 1 heterocycles. The van der Waals surface area contributed by atoms with Gasteiger partial charge in [-0.3, -0.25) is 0 Å². The predicted molar refractivity (Wildman–Crippen MR) is 57.0 cm³/mol. The first-order chi connectivity index (χ1) is 7.10. The Bertz CT molecular complexity index is 345. The van der Waals surface area contributed by atoms with Crippen LogP contribution in [0, 0.1) is 5.82 Å². The third-order valence-electron chi connectivity index (χ3n) is 3.18. The smallest absolute Gasteiger partial charge is 0.123 e. The van der Waals surface area contributed by atoms with Crippen molar-refractivity contribution in [2.75, 3.05) is 20.1 Å². The summed E-state index contributed by atoms with van der Waals surface area (Å²) in [5, 5.41) is 10.4. The monoisotopic (exact) mass is 209 g/mol. The Balaban J connectivity index is 2.22. The van der Waals surface area contributed by atoms with Crippen LogP contribution >= 0.6 is 0 Å². The van der Waals surface area contributed by atoms with Crippen molar-refractivity contribution >= 4 is 0 Å². The summed E-state index contributed by atoms with van der Waals surface area (Å²) in [6, 6.07) is 6.29. The largest absolute Gasteiger partial charge is 0.385 e. The summed E-state index contributed by atoms with van der Waals surface area (Å²) in [7, 11) is 2.03. The summed E-state index contributed by atoms with van der Waals surface area (Å²) < 4.78 is 13.0. The van der Waals surface area contributed by atoms with Gasteiger partial charge in [-0.2, -0.15) is 0 Å². The molecular weight excluding hydrogens is 193 g/mol. The summed E-state index contributed by atoms with van der Waals surface area (Å²) in [6.07, 6.45) is 1.35. The normalized spacial score (nSPS) is 21.5.